The maximum absolute atomic E-state index is 12.1. The van der Waals surface area contributed by atoms with Crippen molar-refractivity contribution in [2.24, 2.45) is 0 Å². The summed E-state index contributed by atoms with van der Waals surface area (Å²) in [5.41, 5.74) is 1.03. The van der Waals surface area contributed by atoms with Crippen molar-refractivity contribution in [1.82, 2.24) is 0 Å². The van der Waals surface area contributed by atoms with Gasteiger partial charge in [0.05, 0.1) is 18.8 Å². The molecule has 2 aromatic rings. The van der Waals surface area contributed by atoms with Crippen LogP contribution in [0.2, 0.25) is 0 Å². The fourth-order valence-electron chi connectivity index (χ4n) is 2.47. The van der Waals surface area contributed by atoms with Crippen molar-refractivity contribution >= 4 is 17.6 Å². The van der Waals surface area contributed by atoms with E-state index in [4.69, 9.17) is 14.2 Å². The largest absolute Gasteiger partial charge is 0.490 e. The highest BCUT2D eigenvalue weighted by molar-refractivity contribution is 5.93. The maximum atomic E-state index is 12.1. The number of ether oxygens (including phenoxy) is 3. The summed E-state index contributed by atoms with van der Waals surface area (Å²) in [5.74, 6) is 0.450. The first-order valence-electron chi connectivity index (χ1n) is 9.55. The number of hydrogen-bond donors (Lipinski definition) is 1. The molecule has 0 bridgehead atoms. The number of amides is 1. The van der Waals surface area contributed by atoms with Crippen molar-refractivity contribution in [3.8, 4) is 11.5 Å². The first-order chi connectivity index (χ1) is 13.6. The molecule has 1 N–H and O–H groups in total. The molecule has 28 heavy (non-hydrogen) atoms. The lowest BCUT2D eigenvalue weighted by atomic mass is 10.2. The van der Waals surface area contributed by atoms with E-state index < -0.39 is 0 Å². The molecule has 150 valence electrons. The van der Waals surface area contributed by atoms with E-state index in [0.717, 1.165) is 19.3 Å². The van der Waals surface area contributed by atoms with Crippen LogP contribution in [-0.4, -0.2) is 31.7 Å². The smallest absolute Gasteiger partial charge is 0.338 e. The van der Waals surface area contributed by atoms with Gasteiger partial charge in [0.15, 0.2) is 18.1 Å². The molecule has 0 fully saturated rings. The molecule has 2 rings (SSSR count). The van der Waals surface area contributed by atoms with E-state index in [9.17, 15) is 9.59 Å². The first kappa shape index (κ1) is 21.3. The molecule has 1 amide bonds. The average Bonchev–Trinajstić information content (AvgIpc) is 2.71. The Morgan fingerprint density at radius 3 is 2.21 bits per heavy atom. The Kier molecular flexibility index (Phi) is 8.85. The minimum Gasteiger partial charge on any atom is -0.490 e. The summed E-state index contributed by atoms with van der Waals surface area (Å²) in [6, 6.07) is 13.8. The Hall–Kier alpha value is -3.02. The predicted molar refractivity (Wildman–Crippen MR) is 108 cm³/mol. The van der Waals surface area contributed by atoms with Gasteiger partial charge in [-0.15, -0.1) is 0 Å². The Morgan fingerprint density at radius 2 is 1.57 bits per heavy atom. The molecule has 2 aromatic carbocycles. The number of esters is 1. The van der Waals surface area contributed by atoms with Crippen LogP contribution in [0.4, 0.5) is 5.69 Å². The van der Waals surface area contributed by atoms with E-state index in [1.165, 1.54) is 0 Å². The van der Waals surface area contributed by atoms with Gasteiger partial charge >= 0.3 is 5.97 Å². The van der Waals surface area contributed by atoms with Gasteiger partial charge in [-0.1, -0.05) is 31.9 Å². The van der Waals surface area contributed by atoms with E-state index in [-0.39, 0.29) is 18.5 Å². The summed E-state index contributed by atoms with van der Waals surface area (Å²) >= 11 is 0. The molecule has 6 heteroatoms. The zero-order valence-corrected chi connectivity index (χ0v) is 16.4. The fraction of sp³-hybridized carbons (Fsp3) is 0.364. The quantitative estimate of drug-likeness (QED) is 0.457. The molecule has 0 atom stereocenters. The molecule has 0 radical (unpaired) electrons. The van der Waals surface area contributed by atoms with Gasteiger partial charge in [-0.25, -0.2) is 4.79 Å². The molecule has 0 aromatic heterocycles. The number of carbonyl (C=O) groups is 2. The third-order valence-corrected chi connectivity index (χ3v) is 3.89. The van der Waals surface area contributed by atoms with E-state index in [1.807, 2.05) is 19.1 Å². The summed E-state index contributed by atoms with van der Waals surface area (Å²) in [6.07, 6.45) is 2.98. The van der Waals surface area contributed by atoms with Gasteiger partial charge in [-0.05, 0) is 49.7 Å². The van der Waals surface area contributed by atoms with E-state index >= 15 is 0 Å². The summed E-state index contributed by atoms with van der Waals surface area (Å²) in [6.45, 7) is 4.77. The molecule has 6 nitrogen and oxygen atoms in total. The van der Waals surface area contributed by atoms with Gasteiger partial charge in [0, 0.05) is 5.69 Å². The number of carbonyl (C=O) groups excluding carboxylic acids is 2. The number of unbranched alkanes of at least 4 members (excludes halogenated alkanes) is 2. The second kappa shape index (κ2) is 11.6. The third-order valence-electron chi connectivity index (χ3n) is 3.89. The number of benzene rings is 2. The van der Waals surface area contributed by atoms with Crippen molar-refractivity contribution in [3.05, 3.63) is 54.1 Å². The molecule has 0 unspecified atom stereocenters. The molecular weight excluding hydrogens is 358 g/mol. The van der Waals surface area contributed by atoms with Crippen molar-refractivity contribution in [1.29, 1.82) is 0 Å². The van der Waals surface area contributed by atoms with Crippen molar-refractivity contribution in [3.63, 3.8) is 0 Å². The zero-order valence-electron chi connectivity index (χ0n) is 16.4. The average molecular weight is 385 g/mol. The fourth-order valence-corrected chi connectivity index (χ4v) is 2.47. The molecule has 0 aliphatic rings. The number of hydrogen-bond acceptors (Lipinski definition) is 5. The van der Waals surface area contributed by atoms with Crippen LogP contribution in [0.25, 0.3) is 0 Å². The van der Waals surface area contributed by atoms with Gasteiger partial charge in [-0.3, -0.25) is 4.79 Å². The highest BCUT2D eigenvalue weighted by Crippen LogP contribution is 2.26. The highest BCUT2D eigenvalue weighted by atomic mass is 16.5. The minimum atomic E-state index is -0.357. The first-order valence-corrected chi connectivity index (χ1v) is 9.55. The van der Waals surface area contributed by atoms with Crippen LogP contribution in [0.3, 0.4) is 0 Å². The lowest BCUT2D eigenvalue weighted by molar-refractivity contribution is -0.118. The lowest BCUT2D eigenvalue weighted by Crippen LogP contribution is -2.20. The topological polar surface area (TPSA) is 73.9 Å². The van der Waals surface area contributed by atoms with Gasteiger partial charge in [-0.2, -0.15) is 0 Å². The normalized spacial score (nSPS) is 10.2. The van der Waals surface area contributed by atoms with E-state index in [2.05, 4.69) is 12.2 Å². The lowest BCUT2D eigenvalue weighted by Gasteiger charge is -2.11. The molecule has 0 saturated carbocycles. The number of anilines is 1. The number of para-hydroxylation sites is 2. The van der Waals surface area contributed by atoms with Crippen LogP contribution in [0.1, 0.15) is 43.5 Å². The minimum absolute atomic E-state index is 0.148. The molecule has 0 aliphatic heterocycles. The van der Waals surface area contributed by atoms with Crippen LogP contribution in [-0.2, 0) is 9.53 Å². The van der Waals surface area contributed by atoms with Crippen LogP contribution in [0, 0.1) is 0 Å². The van der Waals surface area contributed by atoms with Crippen LogP contribution in [0.15, 0.2) is 48.5 Å². The molecule has 0 aliphatic carbocycles. The van der Waals surface area contributed by atoms with Crippen LogP contribution >= 0.6 is 0 Å². The monoisotopic (exact) mass is 385 g/mol. The van der Waals surface area contributed by atoms with Gasteiger partial charge in [0.25, 0.3) is 5.91 Å². The summed E-state index contributed by atoms with van der Waals surface area (Å²) in [4.78, 5) is 24.1. The molecule has 0 saturated heterocycles. The Bertz CT molecular complexity index is 758. The van der Waals surface area contributed by atoms with Crippen molar-refractivity contribution < 1.29 is 23.8 Å². The standard InChI is InChI=1S/C22H27NO5/c1-3-5-8-15-27-22(25)17-11-13-18(14-12-17)23-21(24)16-28-20-10-7-6-9-19(20)26-4-2/h6-7,9-14H,3-5,8,15-16H2,1-2H3,(H,23,24). The van der Waals surface area contributed by atoms with Gasteiger partial charge in [0.2, 0.25) is 0 Å². The predicted octanol–water partition coefficient (Wildman–Crippen LogP) is 4.45. The zero-order chi connectivity index (χ0) is 20.2. The van der Waals surface area contributed by atoms with Crippen molar-refractivity contribution in [2.45, 2.75) is 33.1 Å². The summed E-state index contributed by atoms with van der Waals surface area (Å²) in [7, 11) is 0. The second-order valence-electron chi connectivity index (χ2n) is 6.14. The van der Waals surface area contributed by atoms with E-state index in [1.54, 1.807) is 36.4 Å². The molecular formula is C22H27NO5. The summed E-state index contributed by atoms with van der Waals surface area (Å²) in [5, 5.41) is 2.73. The van der Waals surface area contributed by atoms with Gasteiger partial charge in [0.1, 0.15) is 0 Å². The van der Waals surface area contributed by atoms with Crippen LogP contribution < -0.4 is 14.8 Å². The number of nitrogens with one attached hydrogen (secondary N) is 1. The van der Waals surface area contributed by atoms with Gasteiger partial charge < -0.3 is 19.5 Å². The Labute approximate surface area is 165 Å². The second-order valence-corrected chi connectivity index (χ2v) is 6.14. The Morgan fingerprint density at radius 1 is 0.893 bits per heavy atom. The number of rotatable bonds is 11. The van der Waals surface area contributed by atoms with Crippen molar-refractivity contribution in [2.75, 3.05) is 25.1 Å². The third kappa shape index (κ3) is 6.95. The Balaban J connectivity index is 1.82. The highest BCUT2D eigenvalue weighted by Gasteiger charge is 2.10. The summed E-state index contributed by atoms with van der Waals surface area (Å²) < 4.78 is 16.2. The van der Waals surface area contributed by atoms with Crippen LogP contribution in [0.5, 0.6) is 11.5 Å². The van der Waals surface area contributed by atoms with E-state index in [0.29, 0.717) is 36.0 Å². The maximum Gasteiger partial charge on any atom is 0.338 e. The SMILES string of the molecule is CCCCCOC(=O)c1ccc(NC(=O)COc2ccccc2OCC)cc1. The molecule has 0 spiro atoms. The molecule has 0 heterocycles.